The van der Waals surface area contributed by atoms with Crippen LogP contribution in [0.2, 0.25) is 0 Å². The van der Waals surface area contributed by atoms with E-state index in [1.165, 1.54) is 13.2 Å². The van der Waals surface area contributed by atoms with Gasteiger partial charge in [0.05, 0.1) is 19.9 Å². The number of carbonyl (C=O) groups excluding carboxylic acids is 1. The lowest BCUT2D eigenvalue weighted by atomic mass is 10.2. The Morgan fingerprint density at radius 2 is 2.13 bits per heavy atom. The molecular formula is C11H13NO3. The Hall–Kier alpha value is -1.97. The molecule has 0 aromatic heterocycles. The molecule has 0 heterocycles. The summed E-state index contributed by atoms with van der Waals surface area (Å²) in [7, 11) is 2.88. The number of esters is 1. The van der Waals surface area contributed by atoms with Gasteiger partial charge < -0.3 is 15.2 Å². The largest absolute Gasteiger partial charge is 0.495 e. The first-order valence-corrected chi connectivity index (χ1v) is 4.37. The maximum atomic E-state index is 10.8. The van der Waals surface area contributed by atoms with Crippen LogP contribution in [0.25, 0.3) is 6.08 Å². The molecule has 0 atom stereocenters. The number of anilines is 1. The van der Waals surface area contributed by atoms with E-state index in [0.717, 1.165) is 5.56 Å². The standard InChI is InChI=1S/C11H13NO3/c1-14-10-5-3-8(7-9(10)12)4-6-11(13)15-2/h3-7H,12H2,1-2H3/b6-4-. The number of hydrogen-bond donors (Lipinski definition) is 1. The van der Waals surface area contributed by atoms with Crippen LogP contribution in [0.1, 0.15) is 5.56 Å². The number of nitrogens with two attached hydrogens (primary N) is 1. The Balaban J connectivity index is 2.84. The van der Waals surface area contributed by atoms with E-state index in [2.05, 4.69) is 4.74 Å². The summed E-state index contributed by atoms with van der Waals surface area (Å²) in [5, 5.41) is 0. The van der Waals surface area contributed by atoms with E-state index in [1.807, 2.05) is 0 Å². The second-order valence-electron chi connectivity index (χ2n) is 2.86. The minimum atomic E-state index is -0.399. The third-order valence-corrected chi connectivity index (χ3v) is 1.87. The lowest BCUT2D eigenvalue weighted by Crippen LogP contribution is -1.94. The maximum Gasteiger partial charge on any atom is 0.330 e. The molecule has 0 aliphatic heterocycles. The van der Waals surface area contributed by atoms with Gasteiger partial charge in [0.25, 0.3) is 0 Å². The number of benzene rings is 1. The zero-order chi connectivity index (χ0) is 11.3. The van der Waals surface area contributed by atoms with Crippen LogP contribution in [0.15, 0.2) is 24.3 Å². The van der Waals surface area contributed by atoms with Gasteiger partial charge >= 0.3 is 5.97 Å². The van der Waals surface area contributed by atoms with Crippen LogP contribution in [0.3, 0.4) is 0 Å². The number of rotatable bonds is 3. The summed E-state index contributed by atoms with van der Waals surface area (Å²) >= 11 is 0. The predicted molar refractivity (Wildman–Crippen MR) is 58.5 cm³/mol. The number of methoxy groups -OCH3 is 2. The molecule has 0 radical (unpaired) electrons. The van der Waals surface area contributed by atoms with Gasteiger partial charge in [0.2, 0.25) is 0 Å². The van der Waals surface area contributed by atoms with Gasteiger partial charge in [-0.3, -0.25) is 0 Å². The highest BCUT2D eigenvalue weighted by atomic mass is 16.5. The van der Waals surface area contributed by atoms with Crippen molar-refractivity contribution in [3.8, 4) is 5.75 Å². The maximum absolute atomic E-state index is 10.8. The topological polar surface area (TPSA) is 61.5 Å². The van der Waals surface area contributed by atoms with Crippen molar-refractivity contribution in [1.29, 1.82) is 0 Å². The van der Waals surface area contributed by atoms with Gasteiger partial charge in [-0.2, -0.15) is 0 Å². The smallest absolute Gasteiger partial charge is 0.330 e. The molecule has 0 amide bonds. The molecular weight excluding hydrogens is 194 g/mol. The number of carbonyl (C=O) groups is 1. The van der Waals surface area contributed by atoms with Crippen molar-refractivity contribution in [2.75, 3.05) is 20.0 Å². The van der Waals surface area contributed by atoms with Gasteiger partial charge in [0.15, 0.2) is 0 Å². The second-order valence-corrected chi connectivity index (χ2v) is 2.86. The van der Waals surface area contributed by atoms with E-state index in [4.69, 9.17) is 10.5 Å². The zero-order valence-corrected chi connectivity index (χ0v) is 8.69. The summed E-state index contributed by atoms with van der Waals surface area (Å²) in [5.41, 5.74) is 7.05. The van der Waals surface area contributed by atoms with Crippen molar-refractivity contribution in [3.63, 3.8) is 0 Å². The van der Waals surface area contributed by atoms with Gasteiger partial charge in [-0.1, -0.05) is 6.07 Å². The minimum Gasteiger partial charge on any atom is -0.495 e. The van der Waals surface area contributed by atoms with Crippen LogP contribution in [0.4, 0.5) is 5.69 Å². The van der Waals surface area contributed by atoms with Gasteiger partial charge in [0.1, 0.15) is 5.75 Å². The number of hydrogen-bond acceptors (Lipinski definition) is 4. The van der Waals surface area contributed by atoms with Crippen molar-refractivity contribution in [1.82, 2.24) is 0 Å². The highest BCUT2D eigenvalue weighted by Gasteiger charge is 1.98. The molecule has 0 saturated carbocycles. The Morgan fingerprint density at radius 3 is 2.67 bits per heavy atom. The van der Waals surface area contributed by atoms with Crippen molar-refractivity contribution in [2.45, 2.75) is 0 Å². The molecule has 0 aliphatic carbocycles. The summed E-state index contributed by atoms with van der Waals surface area (Å²) in [6.07, 6.45) is 2.96. The van der Waals surface area contributed by atoms with E-state index >= 15 is 0 Å². The van der Waals surface area contributed by atoms with Crippen LogP contribution < -0.4 is 10.5 Å². The average molecular weight is 207 g/mol. The Morgan fingerprint density at radius 1 is 1.40 bits per heavy atom. The fourth-order valence-electron chi connectivity index (χ4n) is 1.09. The molecule has 0 unspecified atom stereocenters. The Bertz CT molecular complexity index is 385. The molecule has 0 saturated heterocycles. The van der Waals surface area contributed by atoms with Crippen LogP contribution >= 0.6 is 0 Å². The van der Waals surface area contributed by atoms with Crippen LogP contribution in [0.5, 0.6) is 5.75 Å². The SMILES string of the molecule is COC(=O)/C=C\c1ccc(OC)c(N)c1. The second kappa shape index (κ2) is 5.05. The first-order chi connectivity index (χ1) is 7.17. The molecule has 4 heteroatoms. The normalized spacial score (nSPS) is 10.3. The molecule has 2 N–H and O–H groups in total. The van der Waals surface area contributed by atoms with Gasteiger partial charge in [-0.15, -0.1) is 0 Å². The van der Waals surface area contributed by atoms with Crippen LogP contribution in [-0.4, -0.2) is 20.2 Å². The summed E-state index contributed by atoms with van der Waals surface area (Å²) in [4.78, 5) is 10.8. The summed E-state index contributed by atoms with van der Waals surface area (Å²) in [6, 6.07) is 5.26. The third-order valence-electron chi connectivity index (χ3n) is 1.87. The van der Waals surface area contributed by atoms with Crippen molar-refractivity contribution in [2.24, 2.45) is 0 Å². The lowest BCUT2D eigenvalue weighted by molar-refractivity contribution is -0.134. The molecule has 0 aliphatic rings. The van der Waals surface area contributed by atoms with Gasteiger partial charge in [-0.25, -0.2) is 4.79 Å². The Labute approximate surface area is 88.3 Å². The van der Waals surface area contributed by atoms with E-state index in [1.54, 1.807) is 31.4 Å². The monoisotopic (exact) mass is 207 g/mol. The highest BCUT2D eigenvalue weighted by molar-refractivity contribution is 5.87. The summed E-state index contributed by atoms with van der Waals surface area (Å²) in [5.74, 6) is 0.217. The molecule has 15 heavy (non-hydrogen) atoms. The molecule has 1 aromatic carbocycles. The number of ether oxygens (including phenoxy) is 2. The summed E-state index contributed by atoms with van der Waals surface area (Å²) in [6.45, 7) is 0. The summed E-state index contributed by atoms with van der Waals surface area (Å²) < 4.78 is 9.47. The fourth-order valence-corrected chi connectivity index (χ4v) is 1.09. The van der Waals surface area contributed by atoms with E-state index in [0.29, 0.717) is 11.4 Å². The predicted octanol–water partition coefficient (Wildman–Crippen LogP) is 1.46. The quantitative estimate of drug-likeness (QED) is 0.463. The highest BCUT2D eigenvalue weighted by Crippen LogP contribution is 2.22. The van der Waals surface area contributed by atoms with Crippen molar-refractivity contribution < 1.29 is 14.3 Å². The van der Waals surface area contributed by atoms with E-state index < -0.39 is 5.97 Å². The van der Waals surface area contributed by atoms with Gasteiger partial charge in [-0.05, 0) is 23.8 Å². The first-order valence-electron chi connectivity index (χ1n) is 4.37. The Kier molecular flexibility index (Phi) is 3.74. The van der Waals surface area contributed by atoms with Crippen molar-refractivity contribution >= 4 is 17.7 Å². The lowest BCUT2D eigenvalue weighted by Gasteiger charge is -2.04. The van der Waals surface area contributed by atoms with Gasteiger partial charge in [0, 0.05) is 6.08 Å². The van der Waals surface area contributed by atoms with E-state index in [-0.39, 0.29) is 0 Å². The zero-order valence-electron chi connectivity index (χ0n) is 8.69. The van der Waals surface area contributed by atoms with Crippen LogP contribution in [0, 0.1) is 0 Å². The molecule has 4 nitrogen and oxygen atoms in total. The molecule has 0 fully saturated rings. The molecule has 1 rings (SSSR count). The number of nitrogen functional groups attached to an aromatic ring is 1. The first kappa shape index (κ1) is 11.1. The van der Waals surface area contributed by atoms with Crippen molar-refractivity contribution in [3.05, 3.63) is 29.8 Å². The molecule has 1 aromatic rings. The average Bonchev–Trinajstić information content (AvgIpc) is 2.26. The van der Waals surface area contributed by atoms with E-state index in [9.17, 15) is 4.79 Å². The third kappa shape index (κ3) is 3.02. The minimum absolute atomic E-state index is 0.399. The molecule has 0 bridgehead atoms. The van der Waals surface area contributed by atoms with Crippen LogP contribution in [-0.2, 0) is 9.53 Å². The molecule has 0 spiro atoms. The fraction of sp³-hybridized carbons (Fsp3) is 0.182. The molecule has 80 valence electrons.